The van der Waals surface area contributed by atoms with Gasteiger partial charge in [0.1, 0.15) is 11.5 Å². The molecule has 0 atom stereocenters. The monoisotopic (exact) mass is 476 g/mol. The van der Waals surface area contributed by atoms with Gasteiger partial charge in [-0.3, -0.25) is 14.6 Å². The van der Waals surface area contributed by atoms with E-state index in [1.54, 1.807) is 38.2 Å². The van der Waals surface area contributed by atoms with Gasteiger partial charge in [-0.25, -0.2) is 19.0 Å². The standard InChI is InChI=1S/C21H25N4O7P/c1-4-5-10-24(3)20(27)14-11-15(18(12-17(14)26)32-33(29,30)31)19-22-23-21(28)25(19)16-9-7-6-8-13(16)2/h6-9,11-12,26H,4-5,10H2,1-3H3,(H,23,28)(H2,29,30,31). The Labute approximate surface area is 189 Å². The average molecular weight is 476 g/mol. The van der Waals surface area contributed by atoms with E-state index in [4.69, 9.17) is 4.52 Å². The molecular weight excluding hydrogens is 451 g/mol. The van der Waals surface area contributed by atoms with Crippen molar-refractivity contribution in [2.75, 3.05) is 13.6 Å². The van der Waals surface area contributed by atoms with Crippen LogP contribution >= 0.6 is 7.82 Å². The largest absolute Gasteiger partial charge is 0.524 e. The van der Waals surface area contributed by atoms with Crippen LogP contribution < -0.4 is 10.2 Å². The number of carbonyl (C=O) groups is 1. The number of phenolic OH excluding ortho intramolecular Hbond substituents is 1. The second-order valence-electron chi connectivity index (χ2n) is 7.50. The van der Waals surface area contributed by atoms with E-state index in [-0.39, 0.29) is 17.0 Å². The Kier molecular flexibility index (Phi) is 7.06. The van der Waals surface area contributed by atoms with Crippen LogP contribution in [0.3, 0.4) is 0 Å². The molecule has 0 aliphatic carbocycles. The topological polar surface area (TPSA) is 158 Å². The molecule has 3 aromatic rings. The number of aryl methyl sites for hydroxylation is 1. The summed E-state index contributed by atoms with van der Waals surface area (Å²) in [6, 6.07) is 9.08. The lowest BCUT2D eigenvalue weighted by molar-refractivity contribution is 0.0790. The van der Waals surface area contributed by atoms with Crippen molar-refractivity contribution in [3.63, 3.8) is 0 Å². The zero-order valence-electron chi connectivity index (χ0n) is 18.3. The van der Waals surface area contributed by atoms with Gasteiger partial charge in [0, 0.05) is 19.7 Å². The van der Waals surface area contributed by atoms with Crippen LogP contribution in [0.15, 0.2) is 41.2 Å². The summed E-state index contributed by atoms with van der Waals surface area (Å²) >= 11 is 0. The lowest BCUT2D eigenvalue weighted by Crippen LogP contribution is -2.27. The number of phosphoric ester groups is 1. The molecule has 33 heavy (non-hydrogen) atoms. The predicted molar refractivity (Wildman–Crippen MR) is 121 cm³/mol. The van der Waals surface area contributed by atoms with Gasteiger partial charge in [0.15, 0.2) is 5.82 Å². The van der Waals surface area contributed by atoms with Crippen LogP contribution in [0.1, 0.15) is 35.7 Å². The quantitative estimate of drug-likeness (QED) is 0.361. The number of phosphoric acid groups is 1. The normalized spacial score (nSPS) is 11.4. The summed E-state index contributed by atoms with van der Waals surface area (Å²) in [5.41, 5.74) is 0.393. The number of hydrogen-bond donors (Lipinski definition) is 4. The zero-order chi connectivity index (χ0) is 24.3. The molecule has 0 aliphatic rings. The predicted octanol–water partition coefficient (Wildman–Crippen LogP) is 2.59. The molecule has 12 heteroatoms. The third-order valence-corrected chi connectivity index (χ3v) is 5.44. The highest BCUT2D eigenvalue weighted by Gasteiger charge is 2.27. The van der Waals surface area contributed by atoms with Crippen molar-refractivity contribution < 1.29 is 28.8 Å². The summed E-state index contributed by atoms with van der Waals surface area (Å²) < 4.78 is 17.5. The number of para-hydroxylation sites is 1. The smallest absolute Gasteiger partial charge is 0.507 e. The maximum Gasteiger partial charge on any atom is 0.524 e. The van der Waals surface area contributed by atoms with Gasteiger partial charge in [0.25, 0.3) is 5.91 Å². The molecule has 1 aromatic heterocycles. The number of carbonyl (C=O) groups excluding carboxylic acids is 1. The first kappa shape index (κ1) is 24.2. The number of hydrogen-bond acceptors (Lipinski definition) is 6. The molecule has 176 valence electrons. The summed E-state index contributed by atoms with van der Waals surface area (Å²) in [6.45, 7) is 4.20. The molecular formula is C21H25N4O7P. The first-order valence-electron chi connectivity index (χ1n) is 10.1. The average Bonchev–Trinajstić information content (AvgIpc) is 3.12. The Morgan fingerprint density at radius 2 is 1.97 bits per heavy atom. The number of phenols is 1. The van der Waals surface area contributed by atoms with Crippen LogP contribution in [-0.2, 0) is 4.57 Å². The molecule has 0 bridgehead atoms. The number of aromatic amines is 1. The van der Waals surface area contributed by atoms with Gasteiger partial charge in [-0.1, -0.05) is 31.5 Å². The van der Waals surface area contributed by atoms with Crippen LogP contribution in [0.5, 0.6) is 11.5 Å². The van der Waals surface area contributed by atoms with Gasteiger partial charge in [-0.2, -0.15) is 5.10 Å². The number of nitrogens with one attached hydrogen (secondary N) is 1. The molecule has 1 heterocycles. The summed E-state index contributed by atoms with van der Waals surface area (Å²) in [7, 11) is -3.47. The Hall–Kier alpha value is -3.40. The fourth-order valence-corrected chi connectivity index (χ4v) is 3.74. The number of aromatic nitrogens is 3. The second kappa shape index (κ2) is 9.62. The van der Waals surface area contributed by atoms with Crippen molar-refractivity contribution in [1.29, 1.82) is 0 Å². The summed E-state index contributed by atoms with van der Waals surface area (Å²) in [5, 5.41) is 16.8. The van der Waals surface area contributed by atoms with Gasteiger partial charge in [0.05, 0.1) is 16.8 Å². The Bertz CT molecular complexity index is 1280. The number of H-pyrrole nitrogens is 1. The number of benzene rings is 2. The molecule has 0 radical (unpaired) electrons. The Balaban J connectivity index is 2.24. The molecule has 0 fully saturated rings. The van der Waals surface area contributed by atoms with Crippen molar-refractivity contribution in [3.05, 3.63) is 58.0 Å². The van der Waals surface area contributed by atoms with E-state index in [0.717, 1.165) is 24.5 Å². The maximum absolute atomic E-state index is 12.9. The van der Waals surface area contributed by atoms with Crippen molar-refractivity contribution >= 4 is 13.7 Å². The van der Waals surface area contributed by atoms with Crippen LogP contribution in [0.4, 0.5) is 0 Å². The van der Waals surface area contributed by atoms with Crippen LogP contribution in [0, 0.1) is 6.92 Å². The highest BCUT2D eigenvalue weighted by Crippen LogP contribution is 2.44. The van der Waals surface area contributed by atoms with E-state index in [1.807, 2.05) is 6.92 Å². The number of amides is 1. The minimum absolute atomic E-state index is 0.0528. The van der Waals surface area contributed by atoms with E-state index in [9.17, 15) is 29.0 Å². The molecule has 0 saturated heterocycles. The van der Waals surface area contributed by atoms with E-state index < -0.39 is 30.9 Å². The van der Waals surface area contributed by atoms with Gasteiger partial charge < -0.3 is 14.5 Å². The fourth-order valence-electron chi connectivity index (χ4n) is 3.34. The third kappa shape index (κ3) is 5.33. The van der Waals surface area contributed by atoms with Crippen molar-refractivity contribution in [3.8, 4) is 28.6 Å². The van der Waals surface area contributed by atoms with Crippen LogP contribution in [0.25, 0.3) is 17.1 Å². The number of rotatable bonds is 8. The van der Waals surface area contributed by atoms with Crippen molar-refractivity contribution in [1.82, 2.24) is 19.7 Å². The van der Waals surface area contributed by atoms with E-state index in [1.165, 1.54) is 15.5 Å². The SMILES string of the molecule is CCCCN(C)C(=O)c1cc(-c2n[nH]c(=O)n2-c2ccccc2C)c(OP(=O)(O)O)cc1O. The Morgan fingerprint density at radius 1 is 1.27 bits per heavy atom. The molecule has 3 rings (SSSR count). The second-order valence-corrected chi connectivity index (χ2v) is 8.67. The van der Waals surface area contributed by atoms with Gasteiger partial charge in [0.2, 0.25) is 0 Å². The van der Waals surface area contributed by atoms with Gasteiger partial charge >= 0.3 is 13.5 Å². The van der Waals surface area contributed by atoms with E-state index >= 15 is 0 Å². The summed E-state index contributed by atoms with van der Waals surface area (Å²) in [5.74, 6) is -1.54. The minimum Gasteiger partial charge on any atom is -0.507 e. The maximum atomic E-state index is 12.9. The highest BCUT2D eigenvalue weighted by atomic mass is 31.2. The minimum atomic E-state index is -5.05. The van der Waals surface area contributed by atoms with E-state index in [0.29, 0.717) is 12.2 Å². The summed E-state index contributed by atoms with van der Waals surface area (Å²) in [6.07, 6.45) is 1.61. The first-order chi connectivity index (χ1) is 15.5. The lowest BCUT2D eigenvalue weighted by Gasteiger charge is -2.19. The molecule has 0 unspecified atom stereocenters. The molecule has 1 amide bonds. The van der Waals surface area contributed by atoms with E-state index in [2.05, 4.69) is 10.2 Å². The highest BCUT2D eigenvalue weighted by molar-refractivity contribution is 7.46. The fraction of sp³-hybridized carbons (Fsp3) is 0.286. The van der Waals surface area contributed by atoms with Crippen molar-refractivity contribution in [2.24, 2.45) is 0 Å². The molecule has 2 aromatic carbocycles. The lowest BCUT2D eigenvalue weighted by atomic mass is 10.1. The number of unbranched alkanes of at least 4 members (excludes halogenated alkanes) is 1. The molecule has 0 spiro atoms. The van der Waals surface area contributed by atoms with Crippen LogP contribution in [0.2, 0.25) is 0 Å². The molecule has 4 N–H and O–H groups in total. The number of nitrogens with zero attached hydrogens (tertiary/aromatic N) is 3. The third-order valence-electron chi connectivity index (χ3n) is 5.01. The number of aromatic hydroxyl groups is 1. The van der Waals surface area contributed by atoms with Gasteiger partial charge in [-0.05, 0) is 31.0 Å². The Morgan fingerprint density at radius 3 is 2.61 bits per heavy atom. The van der Waals surface area contributed by atoms with Crippen molar-refractivity contribution in [2.45, 2.75) is 26.7 Å². The summed E-state index contributed by atoms with van der Waals surface area (Å²) in [4.78, 5) is 45.7. The van der Waals surface area contributed by atoms with Crippen LogP contribution in [-0.4, -0.2) is 54.1 Å². The first-order valence-corrected chi connectivity index (χ1v) is 11.7. The molecule has 11 nitrogen and oxygen atoms in total. The molecule has 0 saturated carbocycles. The zero-order valence-corrected chi connectivity index (χ0v) is 19.2. The molecule has 0 aliphatic heterocycles. The van der Waals surface area contributed by atoms with Gasteiger partial charge in [-0.15, -0.1) is 0 Å².